The fourth-order valence-corrected chi connectivity index (χ4v) is 1.47. The summed E-state index contributed by atoms with van der Waals surface area (Å²) in [6, 6.07) is 4.40. The van der Waals surface area contributed by atoms with Gasteiger partial charge in [0.05, 0.1) is 0 Å². The number of hydrogen-bond donors (Lipinski definition) is 1. The molecular weight excluding hydrogens is 188 g/mol. The molecular formula is C12H20N2O. The third kappa shape index (κ3) is 4.40. The van der Waals surface area contributed by atoms with Gasteiger partial charge in [0, 0.05) is 38.7 Å². The van der Waals surface area contributed by atoms with E-state index in [0.29, 0.717) is 12.0 Å². The molecule has 1 rings (SSSR count). The Labute approximate surface area is 91.9 Å². The molecule has 0 aromatic carbocycles. The smallest absolute Gasteiger partial charge is 0.0499 e. The highest BCUT2D eigenvalue weighted by molar-refractivity contribution is 5.12. The lowest BCUT2D eigenvalue weighted by molar-refractivity contribution is 0.157. The van der Waals surface area contributed by atoms with Gasteiger partial charge in [-0.25, -0.2) is 0 Å². The molecule has 0 aliphatic rings. The Morgan fingerprint density at radius 2 is 2.27 bits per heavy atom. The maximum absolute atomic E-state index is 5.09. The molecule has 0 spiro atoms. The molecule has 1 aromatic heterocycles. The molecule has 0 fully saturated rings. The van der Waals surface area contributed by atoms with Gasteiger partial charge in [0.1, 0.15) is 0 Å². The Morgan fingerprint density at radius 1 is 1.47 bits per heavy atom. The highest BCUT2D eigenvalue weighted by Gasteiger charge is 2.06. The molecule has 0 amide bonds. The number of pyridine rings is 1. The van der Waals surface area contributed by atoms with Gasteiger partial charge in [-0.05, 0) is 24.5 Å². The Hall–Kier alpha value is -0.930. The van der Waals surface area contributed by atoms with Gasteiger partial charge in [0.2, 0.25) is 0 Å². The van der Waals surface area contributed by atoms with Crippen molar-refractivity contribution in [2.75, 3.05) is 20.3 Å². The van der Waals surface area contributed by atoms with Crippen LogP contribution in [0.15, 0.2) is 24.5 Å². The lowest BCUT2D eigenvalue weighted by Crippen LogP contribution is -2.26. The van der Waals surface area contributed by atoms with Crippen LogP contribution in [-0.4, -0.2) is 25.2 Å². The first-order valence-electron chi connectivity index (χ1n) is 5.36. The standard InChI is InChI=1S/C12H20N2O/c1-10(9-15-3)7-14-11(2)12-5-4-6-13-8-12/h4-6,8,10-11,14H,7,9H2,1-3H3/t10?,11-/m0/s1. The van der Waals surface area contributed by atoms with Gasteiger partial charge in [0.25, 0.3) is 0 Å². The predicted molar refractivity (Wildman–Crippen MR) is 61.7 cm³/mol. The summed E-state index contributed by atoms with van der Waals surface area (Å²) >= 11 is 0. The first kappa shape index (κ1) is 12.1. The molecule has 84 valence electrons. The molecule has 0 saturated carbocycles. The Bertz CT molecular complexity index is 264. The summed E-state index contributed by atoms with van der Waals surface area (Å²) in [4.78, 5) is 4.10. The molecule has 1 unspecified atom stereocenters. The highest BCUT2D eigenvalue weighted by atomic mass is 16.5. The first-order valence-corrected chi connectivity index (χ1v) is 5.36. The topological polar surface area (TPSA) is 34.1 Å². The number of ether oxygens (including phenoxy) is 1. The van der Waals surface area contributed by atoms with Gasteiger partial charge in [-0.3, -0.25) is 4.98 Å². The number of nitrogens with zero attached hydrogens (tertiary/aromatic N) is 1. The monoisotopic (exact) mass is 208 g/mol. The number of hydrogen-bond acceptors (Lipinski definition) is 3. The molecule has 0 radical (unpaired) electrons. The number of nitrogens with one attached hydrogen (secondary N) is 1. The van der Waals surface area contributed by atoms with Crippen molar-refractivity contribution in [2.24, 2.45) is 5.92 Å². The van der Waals surface area contributed by atoms with Crippen LogP contribution < -0.4 is 5.32 Å². The van der Waals surface area contributed by atoms with Gasteiger partial charge >= 0.3 is 0 Å². The third-order valence-electron chi connectivity index (χ3n) is 2.41. The SMILES string of the molecule is COCC(C)CN[C@@H](C)c1cccnc1. The van der Waals surface area contributed by atoms with Crippen molar-refractivity contribution >= 4 is 0 Å². The van der Waals surface area contributed by atoms with Crippen LogP contribution in [0.4, 0.5) is 0 Å². The van der Waals surface area contributed by atoms with Crippen molar-refractivity contribution in [1.29, 1.82) is 0 Å². The van der Waals surface area contributed by atoms with Crippen LogP contribution >= 0.6 is 0 Å². The zero-order valence-electron chi connectivity index (χ0n) is 9.73. The van der Waals surface area contributed by atoms with Crippen LogP contribution in [0.3, 0.4) is 0 Å². The normalized spacial score (nSPS) is 14.9. The van der Waals surface area contributed by atoms with E-state index in [1.165, 1.54) is 5.56 Å². The van der Waals surface area contributed by atoms with E-state index in [1.807, 2.05) is 12.3 Å². The highest BCUT2D eigenvalue weighted by Crippen LogP contribution is 2.10. The average molecular weight is 208 g/mol. The lowest BCUT2D eigenvalue weighted by Gasteiger charge is -2.17. The van der Waals surface area contributed by atoms with Crippen LogP contribution in [0.1, 0.15) is 25.5 Å². The maximum Gasteiger partial charge on any atom is 0.0499 e. The number of methoxy groups -OCH3 is 1. The zero-order valence-corrected chi connectivity index (χ0v) is 9.73. The molecule has 3 heteroatoms. The van der Waals surface area contributed by atoms with Gasteiger partial charge < -0.3 is 10.1 Å². The summed E-state index contributed by atoms with van der Waals surface area (Å²) < 4.78 is 5.09. The summed E-state index contributed by atoms with van der Waals surface area (Å²) in [5.41, 5.74) is 1.22. The summed E-state index contributed by atoms with van der Waals surface area (Å²) in [5.74, 6) is 0.536. The van der Waals surface area contributed by atoms with Crippen molar-refractivity contribution < 1.29 is 4.74 Å². The zero-order chi connectivity index (χ0) is 11.1. The van der Waals surface area contributed by atoms with Gasteiger partial charge in [-0.15, -0.1) is 0 Å². The average Bonchev–Trinajstić information content (AvgIpc) is 2.27. The van der Waals surface area contributed by atoms with E-state index in [2.05, 4.69) is 30.2 Å². The second kappa shape index (κ2) is 6.53. The van der Waals surface area contributed by atoms with Crippen LogP contribution in [0.2, 0.25) is 0 Å². The summed E-state index contributed by atoms with van der Waals surface area (Å²) in [6.45, 7) is 6.08. The van der Waals surface area contributed by atoms with E-state index in [1.54, 1.807) is 13.3 Å². The second-order valence-corrected chi connectivity index (χ2v) is 3.98. The van der Waals surface area contributed by atoms with E-state index in [-0.39, 0.29) is 0 Å². The number of rotatable bonds is 6. The fourth-order valence-electron chi connectivity index (χ4n) is 1.47. The van der Waals surface area contributed by atoms with Gasteiger partial charge in [-0.2, -0.15) is 0 Å². The molecule has 2 atom stereocenters. The second-order valence-electron chi connectivity index (χ2n) is 3.98. The van der Waals surface area contributed by atoms with E-state index in [4.69, 9.17) is 4.74 Å². The molecule has 1 N–H and O–H groups in total. The Balaban J connectivity index is 2.33. The largest absolute Gasteiger partial charge is 0.384 e. The quantitative estimate of drug-likeness (QED) is 0.776. The van der Waals surface area contributed by atoms with Crippen molar-refractivity contribution in [3.8, 4) is 0 Å². The lowest BCUT2D eigenvalue weighted by atomic mass is 10.1. The number of aromatic nitrogens is 1. The summed E-state index contributed by atoms with van der Waals surface area (Å²) in [6.07, 6.45) is 3.70. The van der Waals surface area contributed by atoms with Crippen LogP contribution in [0.5, 0.6) is 0 Å². The molecule has 1 aromatic rings. The Morgan fingerprint density at radius 3 is 2.87 bits per heavy atom. The Kier molecular flexibility index (Phi) is 5.29. The minimum absolute atomic E-state index is 0.345. The molecule has 0 saturated heterocycles. The molecule has 0 aliphatic carbocycles. The maximum atomic E-state index is 5.09. The van der Waals surface area contributed by atoms with E-state index in [9.17, 15) is 0 Å². The molecule has 15 heavy (non-hydrogen) atoms. The van der Waals surface area contributed by atoms with E-state index < -0.39 is 0 Å². The predicted octanol–water partition coefficient (Wildman–Crippen LogP) is 2.01. The van der Waals surface area contributed by atoms with Crippen molar-refractivity contribution in [1.82, 2.24) is 10.3 Å². The minimum Gasteiger partial charge on any atom is -0.384 e. The first-order chi connectivity index (χ1) is 7.24. The fraction of sp³-hybridized carbons (Fsp3) is 0.583. The van der Waals surface area contributed by atoms with E-state index in [0.717, 1.165) is 13.2 Å². The van der Waals surface area contributed by atoms with Crippen LogP contribution in [-0.2, 0) is 4.74 Å². The minimum atomic E-state index is 0.345. The van der Waals surface area contributed by atoms with Crippen molar-refractivity contribution in [3.63, 3.8) is 0 Å². The van der Waals surface area contributed by atoms with Gasteiger partial charge in [-0.1, -0.05) is 13.0 Å². The van der Waals surface area contributed by atoms with Gasteiger partial charge in [0.15, 0.2) is 0 Å². The van der Waals surface area contributed by atoms with Crippen molar-refractivity contribution in [3.05, 3.63) is 30.1 Å². The molecule has 1 heterocycles. The summed E-state index contributed by atoms with van der Waals surface area (Å²) in [7, 11) is 1.74. The van der Waals surface area contributed by atoms with Crippen LogP contribution in [0, 0.1) is 5.92 Å². The molecule has 3 nitrogen and oxygen atoms in total. The summed E-state index contributed by atoms with van der Waals surface area (Å²) in [5, 5.41) is 3.46. The van der Waals surface area contributed by atoms with Crippen LogP contribution in [0.25, 0.3) is 0 Å². The third-order valence-corrected chi connectivity index (χ3v) is 2.41. The van der Waals surface area contributed by atoms with E-state index >= 15 is 0 Å². The van der Waals surface area contributed by atoms with Crippen molar-refractivity contribution in [2.45, 2.75) is 19.9 Å². The molecule has 0 bridgehead atoms. The molecule has 0 aliphatic heterocycles.